The Labute approximate surface area is 140 Å². The molecule has 2 heterocycles. The fraction of sp³-hybridized carbons (Fsp3) is 0.316. The quantitative estimate of drug-likeness (QED) is 0.941. The Morgan fingerprint density at radius 3 is 2.71 bits per heavy atom. The number of carbonyl (C=O) groups is 2. The Morgan fingerprint density at radius 2 is 2.04 bits per heavy atom. The maximum Gasteiger partial charge on any atom is 0.335 e. The molecular weight excluding hydrogens is 304 g/mol. The number of carbonyl (C=O) groups excluding carboxylic acids is 1. The van der Waals surface area contributed by atoms with E-state index in [-0.39, 0.29) is 17.4 Å². The first-order valence-corrected chi connectivity index (χ1v) is 8.10. The second kappa shape index (κ2) is 6.83. The lowest BCUT2D eigenvalue weighted by atomic mass is 9.93. The van der Waals surface area contributed by atoms with E-state index in [2.05, 4.69) is 4.98 Å². The number of nitrogens with zero attached hydrogens (tertiary/aromatic N) is 2. The zero-order chi connectivity index (χ0) is 17.1. The van der Waals surface area contributed by atoms with Crippen LogP contribution in [0, 0.1) is 0 Å². The van der Waals surface area contributed by atoms with Crippen molar-refractivity contribution in [3.8, 4) is 11.1 Å². The highest BCUT2D eigenvalue weighted by atomic mass is 16.4. The van der Waals surface area contributed by atoms with Crippen LogP contribution in [0.2, 0.25) is 0 Å². The molecule has 1 aliphatic heterocycles. The van der Waals surface area contributed by atoms with Crippen molar-refractivity contribution in [3.63, 3.8) is 0 Å². The first kappa shape index (κ1) is 16.2. The lowest BCUT2D eigenvalue weighted by Crippen LogP contribution is -2.37. The van der Waals surface area contributed by atoms with E-state index in [0.29, 0.717) is 0 Å². The van der Waals surface area contributed by atoms with Crippen molar-refractivity contribution in [2.45, 2.75) is 25.7 Å². The largest absolute Gasteiger partial charge is 0.478 e. The highest BCUT2D eigenvalue weighted by molar-refractivity contribution is 5.89. The molecule has 1 amide bonds. The van der Waals surface area contributed by atoms with Gasteiger partial charge in [0.2, 0.25) is 5.91 Å². The third-order valence-electron chi connectivity index (χ3n) is 4.51. The number of likely N-dealkylation sites (tertiary alicyclic amines) is 1. The number of hydrogen-bond donors (Lipinski definition) is 1. The molecule has 24 heavy (non-hydrogen) atoms. The Balaban J connectivity index is 1.79. The predicted molar refractivity (Wildman–Crippen MR) is 90.9 cm³/mol. The monoisotopic (exact) mass is 324 g/mol. The molecule has 5 heteroatoms. The molecule has 1 aromatic heterocycles. The molecule has 0 unspecified atom stereocenters. The molecule has 1 aliphatic rings. The van der Waals surface area contributed by atoms with Crippen molar-refractivity contribution in [1.82, 2.24) is 9.88 Å². The van der Waals surface area contributed by atoms with E-state index in [1.807, 2.05) is 23.1 Å². The van der Waals surface area contributed by atoms with Crippen LogP contribution in [0.1, 0.15) is 41.7 Å². The number of aromatic carboxylic acids is 1. The van der Waals surface area contributed by atoms with Gasteiger partial charge in [-0.25, -0.2) is 4.79 Å². The van der Waals surface area contributed by atoms with Crippen LogP contribution in [0.15, 0.2) is 42.6 Å². The second-order valence-electron chi connectivity index (χ2n) is 6.16. The molecule has 1 atom stereocenters. The molecular formula is C19H20N2O3. The second-order valence-corrected chi connectivity index (χ2v) is 6.16. The van der Waals surface area contributed by atoms with Gasteiger partial charge in [0.25, 0.3) is 0 Å². The zero-order valence-electron chi connectivity index (χ0n) is 13.6. The summed E-state index contributed by atoms with van der Waals surface area (Å²) in [4.78, 5) is 29.1. The minimum Gasteiger partial charge on any atom is -0.478 e. The van der Waals surface area contributed by atoms with E-state index in [0.717, 1.165) is 42.8 Å². The Kier molecular flexibility index (Phi) is 4.60. The van der Waals surface area contributed by atoms with Gasteiger partial charge in [-0.05, 0) is 36.6 Å². The first-order valence-electron chi connectivity index (χ1n) is 8.10. The average molecular weight is 324 g/mol. The summed E-state index contributed by atoms with van der Waals surface area (Å²) in [5.74, 6) is -0.559. The van der Waals surface area contributed by atoms with Gasteiger partial charge in [-0.15, -0.1) is 0 Å². The third-order valence-corrected chi connectivity index (χ3v) is 4.51. The number of rotatable bonds is 3. The maximum atomic E-state index is 11.6. The molecule has 5 nitrogen and oxygen atoms in total. The molecule has 3 rings (SSSR count). The Bertz CT molecular complexity index is 755. The van der Waals surface area contributed by atoms with Gasteiger partial charge < -0.3 is 10.0 Å². The van der Waals surface area contributed by atoms with Gasteiger partial charge >= 0.3 is 5.97 Å². The van der Waals surface area contributed by atoms with Crippen LogP contribution < -0.4 is 0 Å². The summed E-state index contributed by atoms with van der Waals surface area (Å²) in [7, 11) is 0. The van der Waals surface area contributed by atoms with Crippen molar-refractivity contribution in [2.75, 3.05) is 13.1 Å². The summed E-state index contributed by atoms with van der Waals surface area (Å²) in [6, 6.07) is 10.8. The van der Waals surface area contributed by atoms with Crippen molar-refractivity contribution in [1.29, 1.82) is 0 Å². The molecule has 2 aromatic rings. The highest BCUT2D eigenvalue weighted by Gasteiger charge is 2.23. The SMILES string of the molecule is CC(=O)N1CCC[C@H](c2ccc(-c3cccc(C(=O)O)c3)cn2)C1. The maximum absolute atomic E-state index is 11.6. The smallest absolute Gasteiger partial charge is 0.335 e. The summed E-state index contributed by atoms with van der Waals surface area (Å²) in [5.41, 5.74) is 2.98. The van der Waals surface area contributed by atoms with E-state index in [1.165, 1.54) is 0 Å². The summed E-state index contributed by atoms with van der Waals surface area (Å²) < 4.78 is 0. The van der Waals surface area contributed by atoms with Crippen LogP contribution in [0.25, 0.3) is 11.1 Å². The first-order chi connectivity index (χ1) is 11.5. The Hall–Kier alpha value is -2.69. The van der Waals surface area contributed by atoms with E-state index in [4.69, 9.17) is 5.11 Å². The molecule has 124 valence electrons. The van der Waals surface area contributed by atoms with Crippen LogP contribution in [-0.4, -0.2) is 40.0 Å². The topological polar surface area (TPSA) is 70.5 Å². The van der Waals surface area contributed by atoms with Crippen LogP contribution in [0.3, 0.4) is 0 Å². The lowest BCUT2D eigenvalue weighted by molar-refractivity contribution is -0.130. The van der Waals surface area contributed by atoms with Crippen LogP contribution in [0.5, 0.6) is 0 Å². The van der Waals surface area contributed by atoms with Crippen molar-refractivity contribution in [3.05, 3.63) is 53.9 Å². The molecule has 0 saturated carbocycles. The average Bonchev–Trinajstić information content (AvgIpc) is 2.62. The standard InChI is InChI=1S/C19H20N2O3/c1-13(22)21-9-3-6-17(12-21)18-8-7-16(11-20-18)14-4-2-5-15(10-14)19(23)24/h2,4-5,7-8,10-11,17H,3,6,9,12H2,1H3,(H,23,24)/t17-/m0/s1. The number of pyridine rings is 1. The number of hydrogen-bond acceptors (Lipinski definition) is 3. The fourth-order valence-corrected chi connectivity index (χ4v) is 3.15. The minimum atomic E-state index is -0.937. The molecule has 1 saturated heterocycles. The summed E-state index contributed by atoms with van der Waals surface area (Å²) in [5, 5.41) is 9.09. The van der Waals surface area contributed by atoms with Gasteiger partial charge in [0.05, 0.1) is 5.56 Å². The van der Waals surface area contributed by atoms with Gasteiger partial charge in [0.15, 0.2) is 0 Å². The van der Waals surface area contributed by atoms with Crippen LogP contribution in [-0.2, 0) is 4.79 Å². The number of benzene rings is 1. The van der Waals surface area contributed by atoms with Crippen LogP contribution >= 0.6 is 0 Å². The molecule has 1 aromatic carbocycles. The van der Waals surface area contributed by atoms with Gasteiger partial charge in [0.1, 0.15) is 0 Å². The van der Waals surface area contributed by atoms with Crippen molar-refractivity contribution < 1.29 is 14.7 Å². The third kappa shape index (κ3) is 3.45. The minimum absolute atomic E-state index is 0.113. The molecule has 0 bridgehead atoms. The zero-order valence-corrected chi connectivity index (χ0v) is 13.6. The number of carboxylic acid groups (broad SMARTS) is 1. The van der Waals surface area contributed by atoms with E-state index >= 15 is 0 Å². The normalized spacial score (nSPS) is 17.5. The van der Waals surface area contributed by atoms with E-state index < -0.39 is 5.97 Å². The highest BCUT2D eigenvalue weighted by Crippen LogP contribution is 2.27. The molecule has 0 aliphatic carbocycles. The molecule has 0 radical (unpaired) electrons. The molecule has 1 N–H and O–H groups in total. The van der Waals surface area contributed by atoms with Crippen molar-refractivity contribution >= 4 is 11.9 Å². The fourth-order valence-electron chi connectivity index (χ4n) is 3.15. The van der Waals surface area contributed by atoms with E-state index in [9.17, 15) is 9.59 Å². The number of amides is 1. The lowest BCUT2D eigenvalue weighted by Gasteiger charge is -2.31. The van der Waals surface area contributed by atoms with E-state index in [1.54, 1.807) is 31.3 Å². The van der Waals surface area contributed by atoms with Gasteiger partial charge in [0, 0.05) is 43.4 Å². The summed E-state index contributed by atoms with van der Waals surface area (Å²) in [6.45, 7) is 3.15. The van der Waals surface area contributed by atoms with Gasteiger partial charge in [-0.1, -0.05) is 18.2 Å². The van der Waals surface area contributed by atoms with Gasteiger partial charge in [-0.3, -0.25) is 9.78 Å². The van der Waals surface area contributed by atoms with Crippen molar-refractivity contribution in [2.24, 2.45) is 0 Å². The summed E-state index contributed by atoms with van der Waals surface area (Å²) >= 11 is 0. The number of aromatic nitrogens is 1. The number of piperidine rings is 1. The molecule has 0 spiro atoms. The molecule has 1 fully saturated rings. The van der Waals surface area contributed by atoms with Crippen LogP contribution in [0.4, 0.5) is 0 Å². The number of carboxylic acids is 1. The Morgan fingerprint density at radius 1 is 1.21 bits per heavy atom. The summed E-state index contributed by atoms with van der Waals surface area (Å²) in [6.07, 6.45) is 3.81. The predicted octanol–water partition coefficient (Wildman–Crippen LogP) is 3.17. The van der Waals surface area contributed by atoms with Gasteiger partial charge in [-0.2, -0.15) is 0 Å².